The Labute approximate surface area is 51.6 Å². The second-order valence-corrected chi connectivity index (χ2v) is 2.95. The van der Waals surface area contributed by atoms with E-state index in [0.29, 0.717) is 0 Å². The van der Waals surface area contributed by atoms with Crippen molar-refractivity contribution in [3.63, 3.8) is 0 Å². The summed E-state index contributed by atoms with van der Waals surface area (Å²) in [7, 11) is 0. The molecule has 0 saturated heterocycles. The van der Waals surface area contributed by atoms with Gasteiger partial charge in [-0.05, 0) is 24.7 Å². The first-order valence-corrected chi connectivity index (χ1v) is 3.40. The van der Waals surface area contributed by atoms with Crippen LogP contribution in [0.15, 0.2) is 12.2 Å². The fourth-order valence-electron chi connectivity index (χ4n) is 1.36. The summed E-state index contributed by atoms with van der Waals surface area (Å²) in [4.78, 5) is 0. The minimum Gasteiger partial charge on any atom is -0.0993 e. The molecule has 1 saturated carbocycles. The van der Waals surface area contributed by atoms with Crippen molar-refractivity contribution < 1.29 is 0 Å². The molecule has 0 nitrogen and oxygen atoms in total. The Morgan fingerprint density at radius 1 is 1.25 bits per heavy atom. The van der Waals surface area contributed by atoms with E-state index in [1.807, 2.05) is 0 Å². The van der Waals surface area contributed by atoms with Crippen molar-refractivity contribution >= 4 is 0 Å². The highest BCUT2D eigenvalue weighted by atomic mass is 14.3. The Morgan fingerprint density at radius 2 is 1.62 bits per heavy atom. The molecule has 0 N–H and O–H groups in total. The summed E-state index contributed by atoms with van der Waals surface area (Å²) in [6.07, 6.45) is 2.72. The van der Waals surface area contributed by atoms with Gasteiger partial charge in [0.05, 0.1) is 0 Å². The van der Waals surface area contributed by atoms with Gasteiger partial charge in [-0.25, -0.2) is 0 Å². The van der Waals surface area contributed by atoms with E-state index in [-0.39, 0.29) is 0 Å². The smallest absolute Gasteiger partial charge is 0.0231 e. The number of rotatable bonds is 0. The SMILES string of the molecule is C=C1[C@H](C)CC[C@@H]1C. The van der Waals surface area contributed by atoms with E-state index >= 15 is 0 Å². The first kappa shape index (κ1) is 5.87. The van der Waals surface area contributed by atoms with Crippen LogP contribution in [0.5, 0.6) is 0 Å². The van der Waals surface area contributed by atoms with Gasteiger partial charge in [0, 0.05) is 0 Å². The molecule has 0 aromatic carbocycles. The monoisotopic (exact) mass is 110 g/mol. The summed E-state index contributed by atoms with van der Waals surface area (Å²) in [6.45, 7) is 8.56. The van der Waals surface area contributed by atoms with Gasteiger partial charge >= 0.3 is 0 Å². The van der Waals surface area contributed by atoms with Crippen molar-refractivity contribution in [2.45, 2.75) is 26.7 Å². The number of allylic oxidation sites excluding steroid dienone is 1. The van der Waals surface area contributed by atoms with Crippen LogP contribution in [0, 0.1) is 11.8 Å². The molecule has 0 amide bonds. The van der Waals surface area contributed by atoms with Gasteiger partial charge in [0.25, 0.3) is 0 Å². The van der Waals surface area contributed by atoms with Gasteiger partial charge in [-0.2, -0.15) is 0 Å². The van der Waals surface area contributed by atoms with Crippen LogP contribution >= 0.6 is 0 Å². The van der Waals surface area contributed by atoms with E-state index in [4.69, 9.17) is 0 Å². The zero-order valence-corrected chi connectivity index (χ0v) is 5.78. The van der Waals surface area contributed by atoms with Crippen LogP contribution < -0.4 is 0 Å². The van der Waals surface area contributed by atoms with E-state index in [2.05, 4.69) is 20.4 Å². The largest absolute Gasteiger partial charge is 0.0993 e. The lowest BCUT2D eigenvalue weighted by Gasteiger charge is -2.03. The summed E-state index contributed by atoms with van der Waals surface area (Å²) < 4.78 is 0. The molecule has 1 aliphatic rings. The van der Waals surface area contributed by atoms with Crippen LogP contribution in [-0.4, -0.2) is 0 Å². The van der Waals surface area contributed by atoms with E-state index < -0.39 is 0 Å². The molecule has 0 spiro atoms. The molecule has 0 unspecified atom stereocenters. The van der Waals surface area contributed by atoms with Crippen LogP contribution in [-0.2, 0) is 0 Å². The van der Waals surface area contributed by atoms with Crippen LogP contribution in [0.1, 0.15) is 26.7 Å². The topological polar surface area (TPSA) is 0 Å². The van der Waals surface area contributed by atoms with Gasteiger partial charge in [0.15, 0.2) is 0 Å². The highest BCUT2D eigenvalue weighted by Gasteiger charge is 2.20. The molecule has 46 valence electrons. The normalized spacial score (nSPS) is 38.5. The summed E-state index contributed by atoms with van der Waals surface area (Å²) in [5, 5.41) is 0. The Balaban J connectivity index is 2.57. The minimum absolute atomic E-state index is 0.796. The zero-order chi connectivity index (χ0) is 6.15. The standard InChI is InChI=1S/C8H14/c1-6-4-5-7(2)8(6)3/h6-7H,3-5H2,1-2H3/t6-,7+. The van der Waals surface area contributed by atoms with E-state index in [1.54, 1.807) is 0 Å². The molecule has 0 aromatic heterocycles. The van der Waals surface area contributed by atoms with Gasteiger partial charge in [0.1, 0.15) is 0 Å². The molecule has 2 atom stereocenters. The van der Waals surface area contributed by atoms with Gasteiger partial charge in [-0.15, -0.1) is 0 Å². The van der Waals surface area contributed by atoms with Crippen molar-refractivity contribution in [1.29, 1.82) is 0 Å². The van der Waals surface area contributed by atoms with Crippen molar-refractivity contribution in [2.24, 2.45) is 11.8 Å². The summed E-state index contributed by atoms with van der Waals surface area (Å²) in [5.74, 6) is 1.59. The summed E-state index contributed by atoms with van der Waals surface area (Å²) in [5.41, 5.74) is 1.46. The van der Waals surface area contributed by atoms with Gasteiger partial charge in [-0.1, -0.05) is 26.0 Å². The highest BCUT2D eigenvalue weighted by Crippen LogP contribution is 2.33. The lowest BCUT2D eigenvalue weighted by molar-refractivity contribution is 0.677. The minimum atomic E-state index is 0.796. The van der Waals surface area contributed by atoms with Crippen LogP contribution in [0.25, 0.3) is 0 Å². The first-order valence-electron chi connectivity index (χ1n) is 3.40. The van der Waals surface area contributed by atoms with Crippen molar-refractivity contribution in [3.05, 3.63) is 12.2 Å². The molecular weight excluding hydrogens is 96.1 g/mol. The van der Waals surface area contributed by atoms with Crippen molar-refractivity contribution in [2.75, 3.05) is 0 Å². The molecule has 0 aromatic rings. The Kier molecular flexibility index (Phi) is 1.41. The lowest BCUT2D eigenvalue weighted by Crippen LogP contribution is -1.91. The highest BCUT2D eigenvalue weighted by molar-refractivity contribution is 5.08. The average molecular weight is 110 g/mol. The quantitative estimate of drug-likeness (QED) is 0.420. The predicted octanol–water partition coefficient (Wildman–Crippen LogP) is 2.61. The second-order valence-electron chi connectivity index (χ2n) is 2.95. The van der Waals surface area contributed by atoms with Crippen molar-refractivity contribution in [1.82, 2.24) is 0 Å². The maximum atomic E-state index is 4.02. The maximum absolute atomic E-state index is 4.02. The third-order valence-corrected chi connectivity index (χ3v) is 2.30. The Hall–Kier alpha value is -0.260. The molecule has 8 heavy (non-hydrogen) atoms. The molecule has 0 bridgehead atoms. The molecule has 0 heteroatoms. The number of hydrogen-bond donors (Lipinski definition) is 0. The molecule has 1 fully saturated rings. The van der Waals surface area contributed by atoms with Gasteiger partial charge in [-0.3, -0.25) is 0 Å². The summed E-state index contributed by atoms with van der Waals surface area (Å²) in [6, 6.07) is 0. The fraction of sp³-hybridized carbons (Fsp3) is 0.750. The zero-order valence-electron chi connectivity index (χ0n) is 5.78. The first-order chi connectivity index (χ1) is 3.72. The molecule has 0 heterocycles. The van der Waals surface area contributed by atoms with E-state index in [0.717, 1.165) is 11.8 Å². The lowest BCUT2D eigenvalue weighted by atomic mass is 10.0. The molecule has 1 aliphatic carbocycles. The predicted molar refractivity (Wildman–Crippen MR) is 36.7 cm³/mol. The fourth-order valence-corrected chi connectivity index (χ4v) is 1.36. The van der Waals surface area contributed by atoms with Crippen LogP contribution in [0.4, 0.5) is 0 Å². The second kappa shape index (κ2) is 1.93. The third kappa shape index (κ3) is 0.795. The molecule has 0 radical (unpaired) electrons. The maximum Gasteiger partial charge on any atom is -0.0231 e. The van der Waals surface area contributed by atoms with Crippen LogP contribution in [0.2, 0.25) is 0 Å². The van der Waals surface area contributed by atoms with Gasteiger partial charge in [0.2, 0.25) is 0 Å². The van der Waals surface area contributed by atoms with Gasteiger partial charge < -0.3 is 0 Å². The summed E-state index contributed by atoms with van der Waals surface area (Å²) >= 11 is 0. The molecular formula is C8H14. The van der Waals surface area contributed by atoms with Crippen molar-refractivity contribution in [3.8, 4) is 0 Å². The Bertz CT molecular complexity index is 90.6. The Morgan fingerprint density at radius 3 is 1.75 bits per heavy atom. The number of hydrogen-bond acceptors (Lipinski definition) is 0. The third-order valence-electron chi connectivity index (χ3n) is 2.30. The average Bonchev–Trinajstić information content (AvgIpc) is 1.98. The molecule has 1 rings (SSSR count). The van der Waals surface area contributed by atoms with Crippen LogP contribution in [0.3, 0.4) is 0 Å². The molecule has 0 aliphatic heterocycles. The van der Waals surface area contributed by atoms with E-state index in [9.17, 15) is 0 Å². The van der Waals surface area contributed by atoms with E-state index in [1.165, 1.54) is 18.4 Å².